The summed E-state index contributed by atoms with van der Waals surface area (Å²) in [5, 5.41) is 12.1. The highest BCUT2D eigenvalue weighted by atomic mass is 16.3. The van der Waals surface area contributed by atoms with Crippen molar-refractivity contribution >= 4 is 11.8 Å². The lowest BCUT2D eigenvalue weighted by atomic mass is 9.93. The molecule has 0 bridgehead atoms. The molecular formula is C18H20N2O4. The SMILES string of the molecule is CC(O)CNC(=O)C1Cc2ccccc2CN1C(=O)c1ccco1. The number of aliphatic hydroxyl groups excluding tert-OH is 1. The Hall–Kier alpha value is -2.60. The van der Waals surface area contributed by atoms with Crippen molar-refractivity contribution in [1.29, 1.82) is 0 Å². The van der Waals surface area contributed by atoms with Crippen LogP contribution in [0.3, 0.4) is 0 Å². The first-order valence-electron chi connectivity index (χ1n) is 7.93. The molecule has 2 amide bonds. The molecule has 1 aliphatic rings. The van der Waals surface area contributed by atoms with Crippen LogP contribution in [0.4, 0.5) is 0 Å². The molecule has 2 heterocycles. The average molecular weight is 328 g/mol. The number of amides is 2. The quantitative estimate of drug-likeness (QED) is 0.887. The molecule has 1 aromatic heterocycles. The standard InChI is InChI=1S/C18H20N2O4/c1-12(21)10-19-17(22)15-9-13-5-2-3-6-14(13)11-20(15)18(23)16-7-4-8-24-16/h2-8,12,15,21H,9-11H2,1H3,(H,19,22). The summed E-state index contributed by atoms with van der Waals surface area (Å²) in [6.45, 7) is 2.10. The first-order chi connectivity index (χ1) is 11.6. The number of furan rings is 1. The summed E-state index contributed by atoms with van der Waals surface area (Å²) < 4.78 is 5.20. The third-order valence-corrected chi connectivity index (χ3v) is 4.12. The Morgan fingerprint density at radius 3 is 2.71 bits per heavy atom. The summed E-state index contributed by atoms with van der Waals surface area (Å²) >= 11 is 0. The van der Waals surface area contributed by atoms with Gasteiger partial charge in [-0.15, -0.1) is 0 Å². The summed E-state index contributed by atoms with van der Waals surface area (Å²) in [4.78, 5) is 26.8. The molecule has 3 rings (SSSR count). The maximum absolute atomic E-state index is 12.7. The highest BCUT2D eigenvalue weighted by Gasteiger charge is 2.35. The zero-order valence-electron chi connectivity index (χ0n) is 13.4. The minimum atomic E-state index is -0.640. The van der Waals surface area contributed by atoms with Crippen molar-refractivity contribution in [2.75, 3.05) is 6.54 Å². The van der Waals surface area contributed by atoms with Crippen molar-refractivity contribution in [2.45, 2.75) is 32.0 Å². The molecular weight excluding hydrogens is 308 g/mol. The number of fused-ring (bicyclic) bond motifs is 1. The smallest absolute Gasteiger partial charge is 0.290 e. The van der Waals surface area contributed by atoms with Gasteiger partial charge in [-0.05, 0) is 30.2 Å². The fraction of sp³-hybridized carbons (Fsp3) is 0.333. The number of carbonyl (C=O) groups excluding carboxylic acids is 2. The van der Waals surface area contributed by atoms with Gasteiger partial charge in [-0.25, -0.2) is 0 Å². The van der Waals surface area contributed by atoms with Crippen LogP contribution in [0, 0.1) is 0 Å². The summed E-state index contributed by atoms with van der Waals surface area (Å²) in [6, 6.07) is 10.4. The van der Waals surface area contributed by atoms with Gasteiger partial charge in [-0.1, -0.05) is 24.3 Å². The highest BCUT2D eigenvalue weighted by Crippen LogP contribution is 2.25. The number of carbonyl (C=O) groups is 2. The van der Waals surface area contributed by atoms with Crippen LogP contribution < -0.4 is 5.32 Å². The van der Waals surface area contributed by atoms with E-state index in [1.165, 1.54) is 11.2 Å². The Morgan fingerprint density at radius 1 is 1.29 bits per heavy atom. The van der Waals surface area contributed by atoms with Gasteiger partial charge in [0.15, 0.2) is 5.76 Å². The van der Waals surface area contributed by atoms with Crippen molar-refractivity contribution in [2.24, 2.45) is 0 Å². The van der Waals surface area contributed by atoms with Gasteiger partial charge in [0.05, 0.1) is 12.4 Å². The number of nitrogens with zero attached hydrogens (tertiary/aromatic N) is 1. The Labute approximate surface area is 140 Å². The lowest BCUT2D eigenvalue weighted by Crippen LogP contribution is -2.53. The van der Waals surface area contributed by atoms with E-state index in [0.717, 1.165) is 11.1 Å². The van der Waals surface area contributed by atoms with Gasteiger partial charge >= 0.3 is 0 Å². The summed E-state index contributed by atoms with van der Waals surface area (Å²) in [5.41, 5.74) is 2.08. The molecule has 0 saturated carbocycles. The third kappa shape index (κ3) is 3.33. The predicted molar refractivity (Wildman–Crippen MR) is 87.2 cm³/mol. The van der Waals surface area contributed by atoms with Crippen LogP contribution in [0.2, 0.25) is 0 Å². The van der Waals surface area contributed by atoms with E-state index in [0.29, 0.717) is 13.0 Å². The molecule has 2 atom stereocenters. The number of nitrogens with one attached hydrogen (secondary N) is 1. The minimum absolute atomic E-state index is 0.153. The van der Waals surface area contributed by atoms with Crippen LogP contribution in [-0.4, -0.2) is 40.5 Å². The zero-order chi connectivity index (χ0) is 17.1. The number of benzene rings is 1. The van der Waals surface area contributed by atoms with Gasteiger partial charge < -0.3 is 19.7 Å². The molecule has 0 saturated heterocycles. The van der Waals surface area contributed by atoms with E-state index in [1.807, 2.05) is 24.3 Å². The Kier molecular flexibility index (Phi) is 4.66. The summed E-state index contributed by atoms with van der Waals surface area (Å²) in [6.07, 6.45) is 1.24. The van der Waals surface area contributed by atoms with Gasteiger partial charge in [0.1, 0.15) is 6.04 Å². The van der Waals surface area contributed by atoms with Crippen molar-refractivity contribution in [3.05, 3.63) is 59.5 Å². The van der Waals surface area contributed by atoms with E-state index in [-0.39, 0.29) is 24.1 Å². The van der Waals surface area contributed by atoms with Crippen molar-refractivity contribution in [3.8, 4) is 0 Å². The molecule has 2 N–H and O–H groups in total. The van der Waals surface area contributed by atoms with E-state index in [9.17, 15) is 14.7 Å². The third-order valence-electron chi connectivity index (χ3n) is 4.12. The summed E-state index contributed by atoms with van der Waals surface area (Å²) in [5.74, 6) is -0.375. The molecule has 6 heteroatoms. The van der Waals surface area contributed by atoms with E-state index in [2.05, 4.69) is 5.32 Å². The van der Waals surface area contributed by atoms with Crippen LogP contribution in [0.1, 0.15) is 28.6 Å². The number of hydrogen-bond acceptors (Lipinski definition) is 4. The zero-order valence-corrected chi connectivity index (χ0v) is 13.4. The molecule has 0 spiro atoms. The highest BCUT2D eigenvalue weighted by molar-refractivity contribution is 5.96. The fourth-order valence-electron chi connectivity index (χ4n) is 2.88. The molecule has 0 radical (unpaired) electrons. The van der Waals surface area contributed by atoms with Crippen LogP contribution in [0.5, 0.6) is 0 Å². The monoisotopic (exact) mass is 328 g/mol. The average Bonchev–Trinajstić information content (AvgIpc) is 3.12. The molecule has 2 unspecified atom stereocenters. The molecule has 2 aromatic rings. The van der Waals surface area contributed by atoms with Crippen LogP contribution in [0.15, 0.2) is 47.1 Å². The van der Waals surface area contributed by atoms with Gasteiger partial charge in [0.25, 0.3) is 5.91 Å². The van der Waals surface area contributed by atoms with Crippen LogP contribution in [0.25, 0.3) is 0 Å². The largest absolute Gasteiger partial charge is 0.459 e. The number of aliphatic hydroxyl groups is 1. The molecule has 0 fully saturated rings. The Morgan fingerprint density at radius 2 is 2.04 bits per heavy atom. The maximum atomic E-state index is 12.7. The Bertz CT molecular complexity index is 724. The second kappa shape index (κ2) is 6.88. The van der Waals surface area contributed by atoms with Crippen molar-refractivity contribution in [1.82, 2.24) is 10.2 Å². The molecule has 24 heavy (non-hydrogen) atoms. The molecule has 126 valence electrons. The summed E-state index contributed by atoms with van der Waals surface area (Å²) in [7, 11) is 0. The topological polar surface area (TPSA) is 82.8 Å². The van der Waals surface area contributed by atoms with Crippen LogP contribution in [-0.2, 0) is 17.8 Å². The molecule has 0 aliphatic carbocycles. The van der Waals surface area contributed by atoms with Gasteiger partial charge in [-0.3, -0.25) is 9.59 Å². The van der Waals surface area contributed by atoms with E-state index in [4.69, 9.17) is 4.42 Å². The van der Waals surface area contributed by atoms with Crippen LogP contribution >= 0.6 is 0 Å². The van der Waals surface area contributed by atoms with Gasteiger partial charge in [0, 0.05) is 19.5 Å². The lowest BCUT2D eigenvalue weighted by Gasteiger charge is -2.35. The van der Waals surface area contributed by atoms with Crippen molar-refractivity contribution < 1.29 is 19.1 Å². The van der Waals surface area contributed by atoms with E-state index < -0.39 is 12.1 Å². The van der Waals surface area contributed by atoms with E-state index >= 15 is 0 Å². The second-order valence-electron chi connectivity index (χ2n) is 5.99. The van der Waals surface area contributed by atoms with Gasteiger partial charge in [-0.2, -0.15) is 0 Å². The normalized spacial score (nSPS) is 17.9. The second-order valence-corrected chi connectivity index (χ2v) is 5.99. The van der Waals surface area contributed by atoms with E-state index in [1.54, 1.807) is 19.1 Å². The minimum Gasteiger partial charge on any atom is -0.459 e. The number of rotatable bonds is 4. The van der Waals surface area contributed by atoms with Crippen molar-refractivity contribution in [3.63, 3.8) is 0 Å². The first kappa shape index (κ1) is 16.3. The first-order valence-corrected chi connectivity index (χ1v) is 7.93. The Balaban J connectivity index is 1.87. The molecule has 6 nitrogen and oxygen atoms in total. The molecule has 1 aromatic carbocycles. The number of hydrogen-bond donors (Lipinski definition) is 2. The lowest BCUT2D eigenvalue weighted by molar-refractivity contribution is -0.126. The molecule has 1 aliphatic heterocycles. The fourth-order valence-corrected chi connectivity index (χ4v) is 2.88. The van der Waals surface area contributed by atoms with Gasteiger partial charge in [0.2, 0.25) is 5.91 Å². The maximum Gasteiger partial charge on any atom is 0.290 e. The predicted octanol–water partition coefficient (Wildman–Crippen LogP) is 1.34.